The predicted octanol–water partition coefficient (Wildman–Crippen LogP) is 3.92. The van der Waals surface area contributed by atoms with Crippen LogP contribution < -0.4 is 5.46 Å². The van der Waals surface area contributed by atoms with E-state index in [9.17, 15) is 0 Å². The highest BCUT2D eigenvalue weighted by molar-refractivity contribution is 6.46. The maximum Gasteiger partial charge on any atom is 0.140 e. The summed E-state index contributed by atoms with van der Waals surface area (Å²) in [6.45, 7) is 0. The summed E-state index contributed by atoms with van der Waals surface area (Å²) in [5.74, 6) is 0. The molecule has 0 heterocycles. The van der Waals surface area contributed by atoms with Gasteiger partial charge in [-0.2, -0.15) is 0 Å². The molecule has 4 rings (SSSR count). The van der Waals surface area contributed by atoms with Gasteiger partial charge in [-0.3, -0.25) is 0 Å². The Morgan fingerprint density at radius 2 is 0.905 bits per heavy atom. The summed E-state index contributed by atoms with van der Waals surface area (Å²) in [7, 11) is 2.22. The summed E-state index contributed by atoms with van der Waals surface area (Å²) in [5.41, 5.74) is 3.98. The van der Waals surface area contributed by atoms with E-state index >= 15 is 0 Å². The molecule has 4 aromatic carbocycles. The first-order chi connectivity index (χ1) is 10.4. The van der Waals surface area contributed by atoms with Crippen LogP contribution in [0.15, 0.2) is 78.9 Å². The van der Waals surface area contributed by atoms with E-state index in [0.717, 1.165) is 0 Å². The van der Waals surface area contributed by atoms with Crippen molar-refractivity contribution in [2.24, 2.45) is 0 Å². The summed E-state index contributed by atoms with van der Waals surface area (Å²) < 4.78 is 0. The van der Waals surface area contributed by atoms with Crippen molar-refractivity contribution in [1.82, 2.24) is 0 Å². The molecule has 98 valence electrons. The minimum atomic E-state index is 1.28. The van der Waals surface area contributed by atoms with Crippen molar-refractivity contribution in [1.29, 1.82) is 0 Å². The van der Waals surface area contributed by atoms with Gasteiger partial charge in [0.1, 0.15) is 7.85 Å². The van der Waals surface area contributed by atoms with Crippen molar-refractivity contribution in [3.8, 4) is 11.1 Å². The maximum atomic E-state index is 2.23. The first kappa shape index (κ1) is 12.2. The van der Waals surface area contributed by atoms with Crippen LogP contribution in [0.3, 0.4) is 0 Å². The lowest BCUT2D eigenvalue weighted by Crippen LogP contribution is -2.07. The van der Waals surface area contributed by atoms with Gasteiger partial charge in [0.05, 0.1) is 0 Å². The van der Waals surface area contributed by atoms with Gasteiger partial charge in [0.2, 0.25) is 0 Å². The molecular formula is C20H15B. The highest BCUT2D eigenvalue weighted by Gasteiger charge is 2.11. The summed E-state index contributed by atoms with van der Waals surface area (Å²) in [6, 6.07) is 28.1. The normalized spacial score (nSPS) is 11.0. The molecule has 0 saturated heterocycles. The van der Waals surface area contributed by atoms with Crippen LogP contribution in [0.5, 0.6) is 0 Å². The minimum absolute atomic E-state index is 1.28. The monoisotopic (exact) mass is 266 g/mol. The average Bonchev–Trinajstić information content (AvgIpc) is 2.56. The minimum Gasteiger partial charge on any atom is -0.0735 e. The highest BCUT2D eigenvalue weighted by atomic mass is 14.1. The van der Waals surface area contributed by atoms with Crippen LogP contribution in [0.25, 0.3) is 32.7 Å². The fourth-order valence-electron chi connectivity index (χ4n) is 3.26. The zero-order valence-electron chi connectivity index (χ0n) is 12.0. The molecule has 0 unspecified atom stereocenters. The van der Waals surface area contributed by atoms with Crippen molar-refractivity contribution < 1.29 is 0 Å². The SMILES string of the molecule is Bc1c2ccccc2c(-c2ccccc2)c2ccccc12. The van der Waals surface area contributed by atoms with Crippen molar-refractivity contribution in [2.45, 2.75) is 0 Å². The van der Waals surface area contributed by atoms with E-state index in [1.807, 2.05) is 0 Å². The first-order valence-corrected chi connectivity index (χ1v) is 7.32. The van der Waals surface area contributed by atoms with Gasteiger partial charge < -0.3 is 0 Å². The maximum absolute atomic E-state index is 2.23. The average molecular weight is 266 g/mol. The van der Waals surface area contributed by atoms with E-state index in [-0.39, 0.29) is 0 Å². The molecule has 0 aliphatic heterocycles. The van der Waals surface area contributed by atoms with E-state index in [0.29, 0.717) is 0 Å². The van der Waals surface area contributed by atoms with E-state index < -0.39 is 0 Å². The molecule has 0 atom stereocenters. The largest absolute Gasteiger partial charge is 0.140 e. The molecule has 0 aliphatic carbocycles. The number of hydrogen-bond donors (Lipinski definition) is 0. The molecule has 0 aliphatic rings. The van der Waals surface area contributed by atoms with Gasteiger partial charge in [0.25, 0.3) is 0 Å². The molecule has 0 aromatic heterocycles. The molecule has 0 bridgehead atoms. The van der Waals surface area contributed by atoms with Crippen LogP contribution >= 0.6 is 0 Å². The molecule has 21 heavy (non-hydrogen) atoms. The number of benzene rings is 4. The Balaban J connectivity index is 2.28. The molecule has 0 N–H and O–H groups in total. The molecular weight excluding hydrogens is 251 g/mol. The molecule has 1 heteroatoms. The fourth-order valence-corrected chi connectivity index (χ4v) is 3.26. The second kappa shape index (κ2) is 4.78. The van der Waals surface area contributed by atoms with Crippen molar-refractivity contribution in [3.63, 3.8) is 0 Å². The van der Waals surface area contributed by atoms with Crippen molar-refractivity contribution in [2.75, 3.05) is 0 Å². The molecule has 4 aromatic rings. The standard InChI is InChI=1S/C20H15B/c21-20-17-12-6-4-10-15(17)19(14-8-2-1-3-9-14)16-11-5-7-13-18(16)20/h1-13H,21H2. The molecule has 0 saturated carbocycles. The summed E-state index contributed by atoms with van der Waals surface area (Å²) >= 11 is 0. The van der Waals surface area contributed by atoms with Crippen LogP contribution in [0.2, 0.25) is 0 Å². The fraction of sp³-hybridized carbons (Fsp3) is 0. The Bertz CT molecular complexity index is 883. The second-order valence-corrected chi connectivity index (χ2v) is 5.46. The van der Waals surface area contributed by atoms with Crippen LogP contribution in [0, 0.1) is 0 Å². The van der Waals surface area contributed by atoms with Crippen LogP contribution in [0.4, 0.5) is 0 Å². The van der Waals surface area contributed by atoms with E-state index in [1.165, 1.54) is 38.1 Å². The summed E-state index contributed by atoms with van der Waals surface area (Å²) in [6.07, 6.45) is 0. The van der Waals surface area contributed by atoms with Crippen LogP contribution in [0.1, 0.15) is 0 Å². The topological polar surface area (TPSA) is 0 Å². The van der Waals surface area contributed by atoms with Gasteiger partial charge in [0.15, 0.2) is 0 Å². The third-order valence-electron chi connectivity index (χ3n) is 4.26. The zero-order valence-corrected chi connectivity index (χ0v) is 12.0. The Hall–Kier alpha value is -2.54. The van der Waals surface area contributed by atoms with Crippen molar-refractivity contribution in [3.05, 3.63) is 78.9 Å². The Morgan fingerprint density at radius 3 is 1.43 bits per heavy atom. The predicted molar refractivity (Wildman–Crippen MR) is 95.1 cm³/mol. The smallest absolute Gasteiger partial charge is 0.0735 e. The van der Waals surface area contributed by atoms with E-state index in [2.05, 4.69) is 86.7 Å². The van der Waals surface area contributed by atoms with E-state index in [1.54, 1.807) is 0 Å². The number of fused-ring (bicyclic) bond motifs is 2. The van der Waals surface area contributed by atoms with Crippen molar-refractivity contribution >= 4 is 34.9 Å². The highest BCUT2D eigenvalue weighted by Crippen LogP contribution is 2.34. The summed E-state index contributed by atoms with van der Waals surface area (Å²) in [5, 5.41) is 5.35. The third-order valence-corrected chi connectivity index (χ3v) is 4.26. The quantitative estimate of drug-likeness (QED) is 0.362. The van der Waals surface area contributed by atoms with Gasteiger partial charge in [0, 0.05) is 0 Å². The van der Waals surface area contributed by atoms with Gasteiger partial charge in [-0.1, -0.05) is 84.3 Å². The van der Waals surface area contributed by atoms with Crippen LogP contribution in [-0.4, -0.2) is 7.85 Å². The zero-order chi connectivity index (χ0) is 14.2. The molecule has 0 nitrogen and oxygen atoms in total. The second-order valence-electron chi connectivity index (χ2n) is 5.46. The van der Waals surface area contributed by atoms with E-state index in [4.69, 9.17) is 0 Å². The Kier molecular flexibility index (Phi) is 2.78. The van der Waals surface area contributed by atoms with Gasteiger partial charge >= 0.3 is 0 Å². The number of rotatable bonds is 1. The lowest BCUT2D eigenvalue weighted by atomic mass is 9.81. The summed E-state index contributed by atoms with van der Waals surface area (Å²) in [4.78, 5) is 0. The van der Waals surface area contributed by atoms with Gasteiger partial charge in [-0.05, 0) is 32.7 Å². The first-order valence-electron chi connectivity index (χ1n) is 7.32. The van der Waals surface area contributed by atoms with Crippen LogP contribution in [-0.2, 0) is 0 Å². The number of hydrogen-bond acceptors (Lipinski definition) is 0. The molecule has 0 spiro atoms. The van der Waals surface area contributed by atoms with Gasteiger partial charge in [-0.25, -0.2) is 0 Å². The molecule has 0 fully saturated rings. The lowest BCUT2D eigenvalue weighted by Gasteiger charge is -2.15. The Labute approximate surface area is 125 Å². The van der Waals surface area contributed by atoms with Gasteiger partial charge in [-0.15, -0.1) is 0 Å². The molecule has 0 radical (unpaired) electrons. The lowest BCUT2D eigenvalue weighted by molar-refractivity contribution is 1.68. The Morgan fingerprint density at radius 1 is 0.476 bits per heavy atom. The molecule has 0 amide bonds. The third kappa shape index (κ3) is 1.85.